The van der Waals surface area contributed by atoms with Crippen molar-refractivity contribution in [1.29, 1.82) is 0 Å². The van der Waals surface area contributed by atoms with Crippen molar-refractivity contribution in [3.63, 3.8) is 0 Å². The lowest BCUT2D eigenvalue weighted by Gasteiger charge is -2.20. The SMILES string of the molecule is [N-]=[N+]=NC1=CC(=O)C=CC1(O)N=[N+]=[N-]. The number of ketones is 1. The first kappa shape index (κ1) is 9.82. The number of carbonyl (C=O) groups excluding carboxylic acids is 1. The summed E-state index contributed by atoms with van der Waals surface area (Å²) in [6.07, 6.45) is 2.87. The third-order valence-electron chi connectivity index (χ3n) is 1.49. The highest BCUT2D eigenvalue weighted by atomic mass is 16.3. The number of hydrogen-bond acceptors (Lipinski definition) is 4. The third-order valence-corrected chi connectivity index (χ3v) is 1.49. The van der Waals surface area contributed by atoms with Gasteiger partial charge in [0.2, 0.25) is 0 Å². The van der Waals surface area contributed by atoms with Crippen LogP contribution in [0.2, 0.25) is 0 Å². The number of nitrogens with zero attached hydrogens (tertiary/aromatic N) is 6. The lowest BCUT2D eigenvalue weighted by molar-refractivity contribution is -0.110. The standard InChI is InChI=1S/C6H4N6O2/c7-11-9-5-3-4(13)1-2-6(5,14)10-12-8/h1-3,14H. The van der Waals surface area contributed by atoms with Gasteiger partial charge in [-0.3, -0.25) is 4.79 Å². The van der Waals surface area contributed by atoms with Crippen LogP contribution in [0.15, 0.2) is 34.2 Å². The fourth-order valence-corrected chi connectivity index (χ4v) is 0.876. The summed E-state index contributed by atoms with van der Waals surface area (Å²) in [5.41, 5.74) is 13.9. The lowest BCUT2D eigenvalue weighted by Crippen LogP contribution is -2.27. The summed E-state index contributed by atoms with van der Waals surface area (Å²) in [5.74, 6) is -0.454. The van der Waals surface area contributed by atoms with Crippen LogP contribution in [0, 0.1) is 0 Å². The van der Waals surface area contributed by atoms with E-state index in [9.17, 15) is 9.90 Å². The number of carbonyl (C=O) groups is 1. The molecule has 0 radical (unpaired) electrons. The van der Waals surface area contributed by atoms with Gasteiger partial charge < -0.3 is 5.11 Å². The topological polar surface area (TPSA) is 135 Å². The molecule has 0 heterocycles. The van der Waals surface area contributed by atoms with Crippen molar-refractivity contribution >= 4 is 5.78 Å². The Morgan fingerprint density at radius 2 is 2.14 bits per heavy atom. The van der Waals surface area contributed by atoms with E-state index in [4.69, 9.17) is 11.1 Å². The number of allylic oxidation sites excluding steroid dienone is 2. The van der Waals surface area contributed by atoms with E-state index in [2.05, 4.69) is 20.1 Å². The van der Waals surface area contributed by atoms with Crippen LogP contribution in [-0.2, 0) is 4.79 Å². The summed E-state index contributed by atoms with van der Waals surface area (Å²) >= 11 is 0. The van der Waals surface area contributed by atoms with Gasteiger partial charge in [-0.05, 0) is 29.3 Å². The molecule has 14 heavy (non-hydrogen) atoms. The molecule has 1 aliphatic carbocycles. The van der Waals surface area contributed by atoms with E-state index in [0.717, 1.165) is 18.2 Å². The Kier molecular flexibility index (Phi) is 2.54. The Balaban J connectivity index is 3.25. The van der Waals surface area contributed by atoms with Crippen LogP contribution in [0.25, 0.3) is 20.9 Å². The van der Waals surface area contributed by atoms with E-state index in [1.165, 1.54) is 0 Å². The van der Waals surface area contributed by atoms with Gasteiger partial charge in [0.15, 0.2) is 11.5 Å². The number of rotatable bonds is 2. The molecule has 1 N–H and O–H groups in total. The Morgan fingerprint density at radius 1 is 1.43 bits per heavy atom. The zero-order valence-corrected chi connectivity index (χ0v) is 6.77. The highest BCUT2D eigenvalue weighted by Crippen LogP contribution is 2.25. The molecule has 0 aromatic carbocycles. The molecule has 1 atom stereocenters. The van der Waals surface area contributed by atoms with Gasteiger partial charge in [0.05, 0.1) is 5.70 Å². The summed E-state index contributed by atoms with van der Waals surface area (Å²) in [5, 5.41) is 15.7. The quantitative estimate of drug-likeness (QED) is 0.401. The highest BCUT2D eigenvalue weighted by molar-refractivity contribution is 6.01. The van der Waals surface area contributed by atoms with E-state index < -0.39 is 11.5 Å². The predicted molar refractivity (Wildman–Crippen MR) is 45.5 cm³/mol. The van der Waals surface area contributed by atoms with Gasteiger partial charge in [-0.2, -0.15) is 0 Å². The van der Waals surface area contributed by atoms with Crippen LogP contribution in [-0.4, -0.2) is 16.6 Å². The van der Waals surface area contributed by atoms with Crippen LogP contribution in [0.5, 0.6) is 0 Å². The maximum absolute atomic E-state index is 10.8. The van der Waals surface area contributed by atoms with E-state index in [1.807, 2.05) is 0 Å². The second-order valence-electron chi connectivity index (χ2n) is 2.37. The summed E-state index contributed by atoms with van der Waals surface area (Å²) < 4.78 is 0. The molecule has 0 aromatic rings. The largest absolute Gasteiger partial charge is 0.375 e. The van der Waals surface area contributed by atoms with E-state index >= 15 is 0 Å². The van der Waals surface area contributed by atoms with Gasteiger partial charge >= 0.3 is 0 Å². The molecule has 0 spiro atoms. The lowest BCUT2D eigenvalue weighted by atomic mass is 10.0. The molecule has 8 nitrogen and oxygen atoms in total. The van der Waals surface area contributed by atoms with Crippen molar-refractivity contribution in [2.75, 3.05) is 0 Å². The minimum absolute atomic E-state index is 0.342. The van der Waals surface area contributed by atoms with Crippen LogP contribution in [0.1, 0.15) is 0 Å². The predicted octanol–water partition coefficient (Wildman–Crippen LogP) is 1.32. The zero-order valence-electron chi connectivity index (χ0n) is 6.77. The molecule has 1 unspecified atom stereocenters. The maximum Gasteiger partial charge on any atom is 0.190 e. The van der Waals surface area contributed by atoms with Crippen LogP contribution in [0.3, 0.4) is 0 Å². The number of aliphatic hydroxyl groups is 1. The summed E-state index contributed by atoms with van der Waals surface area (Å²) in [4.78, 5) is 15.6. The minimum Gasteiger partial charge on any atom is -0.375 e. The molecule has 0 saturated heterocycles. The van der Waals surface area contributed by atoms with E-state index in [-0.39, 0.29) is 5.70 Å². The average Bonchev–Trinajstić information content (AvgIpc) is 2.13. The van der Waals surface area contributed by atoms with E-state index in [1.54, 1.807) is 0 Å². The Morgan fingerprint density at radius 3 is 2.71 bits per heavy atom. The smallest absolute Gasteiger partial charge is 0.190 e. The van der Waals surface area contributed by atoms with E-state index in [0.29, 0.717) is 0 Å². The fraction of sp³-hybridized carbons (Fsp3) is 0.167. The molecule has 0 bridgehead atoms. The van der Waals surface area contributed by atoms with Gasteiger partial charge in [-0.1, -0.05) is 10.2 Å². The van der Waals surface area contributed by atoms with Crippen molar-refractivity contribution in [1.82, 2.24) is 0 Å². The molecule has 0 amide bonds. The maximum atomic E-state index is 10.8. The highest BCUT2D eigenvalue weighted by Gasteiger charge is 2.30. The second-order valence-corrected chi connectivity index (χ2v) is 2.37. The summed E-state index contributed by atoms with van der Waals surface area (Å²) in [6.45, 7) is 0. The zero-order chi connectivity index (χ0) is 10.6. The van der Waals surface area contributed by atoms with Gasteiger partial charge in [0.1, 0.15) is 0 Å². The molecule has 0 aliphatic heterocycles. The van der Waals surface area contributed by atoms with Crippen LogP contribution >= 0.6 is 0 Å². The van der Waals surface area contributed by atoms with Crippen molar-refractivity contribution < 1.29 is 9.90 Å². The Bertz CT molecular complexity index is 426. The Hall–Kier alpha value is -2.27. The molecule has 8 heteroatoms. The molecule has 0 aromatic heterocycles. The van der Waals surface area contributed by atoms with Gasteiger partial charge in [0.25, 0.3) is 0 Å². The van der Waals surface area contributed by atoms with Gasteiger partial charge in [0, 0.05) is 9.82 Å². The minimum atomic E-state index is -2.07. The first-order valence-corrected chi connectivity index (χ1v) is 3.41. The van der Waals surface area contributed by atoms with Crippen molar-refractivity contribution in [2.45, 2.75) is 5.72 Å². The van der Waals surface area contributed by atoms with Gasteiger partial charge in [-0.25, -0.2) is 0 Å². The van der Waals surface area contributed by atoms with Gasteiger partial charge in [-0.15, -0.1) is 0 Å². The third kappa shape index (κ3) is 1.73. The molecule has 70 valence electrons. The Labute approximate surface area is 77.4 Å². The molecule has 1 rings (SSSR count). The van der Waals surface area contributed by atoms with Crippen LogP contribution < -0.4 is 0 Å². The second kappa shape index (κ2) is 3.63. The monoisotopic (exact) mass is 192 g/mol. The molecule has 1 aliphatic rings. The number of hydrogen-bond donors (Lipinski definition) is 1. The first-order valence-electron chi connectivity index (χ1n) is 3.41. The molecular formula is C6H4N6O2. The van der Waals surface area contributed by atoms with Crippen LogP contribution in [0.4, 0.5) is 0 Å². The molecule has 0 saturated carbocycles. The van der Waals surface area contributed by atoms with Crippen molar-refractivity contribution in [3.8, 4) is 0 Å². The fourth-order valence-electron chi connectivity index (χ4n) is 0.876. The average molecular weight is 192 g/mol. The molecule has 0 fully saturated rings. The molecular weight excluding hydrogens is 188 g/mol. The first-order chi connectivity index (χ1) is 6.62. The normalized spacial score (nSPS) is 24.6. The summed E-state index contributed by atoms with van der Waals surface area (Å²) in [7, 11) is 0. The number of azide groups is 2. The van der Waals surface area contributed by atoms with Crippen molar-refractivity contribution in [3.05, 3.63) is 44.8 Å². The van der Waals surface area contributed by atoms with Crippen molar-refractivity contribution in [2.24, 2.45) is 10.2 Å². The summed E-state index contributed by atoms with van der Waals surface area (Å²) in [6, 6.07) is 0.